The van der Waals surface area contributed by atoms with Gasteiger partial charge in [0.1, 0.15) is 19.6 Å². The molecule has 2 fully saturated rings. The van der Waals surface area contributed by atoms with Gasteiger partial charge in [-0.1, -0.05) is 25.5 Å². The van der Waals surface area contributed by atoms with Gasteiger partial charge in [-0.05, 0) is 25.2 Å². The molecular weight excluding hydrogens is 266 g/mol. The number of quaternary nitrogens is 1. The number of hydrogen-bond acceptors (Lipinski definition) is 3. The highest BCUT2D eigenvalue weighted by molar-refractivity contribution is 5.13. The quantitative estimate of drug-likeness (QED) is 0.768. The standard InChI is InChI=1S/C17H29NO3/c1-13-8-14(2)17(15(3)9-13)11-20-16(21-12-17)10-18-4-6-19-7-5-18/h8,14-16H,4-7,9-12H2,1-3H3/p+1/t14-,15+,16?,17?/m1/s1. The highest BCUT2D eigenvalue weighted by Gasteiger charge is 2.47. The Balaban J connectivity index is 1.56. The molecular formula is C17H30NO3+. The molecule has 0 unspecified atom stereocenters. The molecule has 0 aromatic rings. The normalized spacial score (nSPS) is 42.0. The average molecular weight is 296 g/mol. The topological polar surface area (TPSA) is 32.1 Å². The van der Waals surface area contributed by atoms with Crippen LogP contribution in [0.5, 0.6) is 0 Å². The number of rotatable bonds is 2. The molecule has 3 aliphatic rings. The summed E-state index contributed by atoms with van der Waals surface area (Å²) < 4.78 is 17.7. The van der Waals surface area contributed by atoms with Crippen LogP contribution in [-0.4, -0.2) is 52.4 Å². The Morgan fingerprint density at radius 2 is 1.86 bits per heavy atom. The summed E-state index contributed by atoms with van der Waals surface area (Å²) >= 11 is 0. The molecule has 2 heterocycles. The Bertz CT molecular complexity index is 381. The molecule has 0 amide bonds. The van der Waals surface area contributed by atoms with Gasteiger partial charge in [-0.15, -0.1) is 0 Å². The zero-order valence-electron chi connectivity index (χ0n) is 13.7. The van der Waals surface area contributed by atoms with E-state index in [9.17, 15) is 0 Å². The van der Waals surface area contributed by atoms with E-state index >= 15 is 0 Å². The van der Waals surface area contributed by atoms with Gasteiger partial charge in [-0.3, -0.25) is 0 Å². The van der Waals surface area contributed by atoms with E-state index < -0.39 is 0 Å². The van der Waals surface area contributed by atoms with Crippen LogP contribution in [-0.2, 0) is 14.2 Å². The number of nitrogens with one attached hydrogen (secondary N) is 1. The second kappa shape index (κ2) is 6.37. The third-order valence-electron chi connectivity index (χ3n) is 5.78. The van der Waals surface area contributed by atoms with E-state index in [1.54, 1.807) is 4.90 Å². The van der Waals surface area contributed by atoms with Crippen molar-refractivity contribution in [3.05, 3.63) is 11.6 Å². The predicted octanol–water partition coefficient (Wildman–Crippen LogP) is 0.883. The van der Waals surface area contributed by atoms with Crippen molar-refractivity contribution in [1.82, 2.24) is 0 Å². The summed E-state index contributed by atoms with van der Waals surface area (Å²) in [5.41, 5.74) is 1.69. The van der Waals surface area contributed by atoms with E-state index in [0.29, 0.717) is 11.8 Å². The fourth-order valence-corrected chi connectivity index (χ4v) is 4.15. The van der Waals surface area contributed by atoms with Crippen LogP contribution < -0.4 is 4.90 Å². The molecule has 4 heteroatoms. The Morgan fingerprint density at radius 3 is 2.48 bits per heavy atom. The number of ether oxygens (including phenoxy) is 3. The summed E-state index contributed by atoms with van der Waals surface area (Å²) in [6.07, 6.45) is 3.56. The molecule has 3 rings (SSSR count). The Kier molecular flexibility index (Phi) is 4.69. The molecule has 0 radical (unpaired) electrons. The van der Waals surface area contributed by atoms with Crippen molar-refractivity contribution < 1.29 is 19.1 Å². The molecule has 0 aromatic heterocycles. The second-order valence-corrected chi connectivity index (χ2v) is 7.26. The van der Waals surface area contributed by atoms with E-state index in [1.807, 2.05) is 0 Å². The first-order valence-electron chi connectivity index (χ1n) is 8.42. The smallest absolute Gasteiger partial charge is 0.207 e. The molecule has 120 valence electrons. The van der Waals surface area contributed by atoms with Crippen molar-refractivity contribution in [2.45, 2.75) is 33.5 Å². The number of allylic oxidation sites excluding steroid dienone is 2. The van der Waals surface area contributed by atoms with Crippen LogP contribution in [0.1, 0.15) is 27.2 Å². The minimum atomic E-state index is -0.0323. The molecule has 0 bridgehead atoms. The van der Waals surface area contributed by atoms with Gasteiger partial charge in [0.2, 0.25) is 6.29 Å². The summed E-state index contributed by atoms with van der Waals surface area (Å²) in [6, 6.07) is 0. The molecule has 21 heavy (non-hydrogen) atoms. The predicted molar refractivity (Wildman–Crippen MR) is 81.2 cm³/mol. The van der Waals surface area contributed by atoms with Crippen molar-refractivity contribution in [1.29, 1.82) is 0 Å². The maximum absolute atomic E-state index is 6.14. The van der Waals surface area contributed by atoms with E-state index in [1.165, 1.54) is 12.0 Å². The summed E-state index contributed by atoms with van der Waals surface area (Å²) in [4.78, 5) is 1.54. The Labute approximate surface area is 128 Å². The van der Waals surface area contributed by atoms with E-state index in [4.69, 9.17) is 14.2 Å². The van der Waals surface area contributed by atoms with Crippen molar-refractivity contribution in [2.24, 2.45) is 17.3 Å². The molecule has 0 aromatic carbocycles. The van der Waals surface area contributed by atoms with Crippen LogP contribution in [0.3, 0.4) is 0 Å². The summed E-state index contributed by atoms with van der Waals surface area (Å²) in [5, 5.41) is 0. The lowest BCUT2D eigenvalue weighted by atomic mass is 9.63. The van der Waals surface area contributed by atoms with Crippen molar-refractivity contribution in [3.8, 4) is 0 Å². The van der Waals surface area contributed by atoms with Gasteiger partial charge in [0.05, 0.1) is 26.4 Å². The van der Waals surface area contributed by atoms with E-state index in [0.717, 1.165) is 46.1 Å². The van der Waals surface area contributed by atoms with Gasteiger partial charge < -0.3 is 19.1 Å². The average Bonchev–Trinajstić information content (AvgIpc) is 2.47. The summed E-state index contributed by atoms with van der Waals surface area (Å²) in [6.45, 7) is 13.4. The van der Waals surface area contributed by atoms with Gasteiger partial charge >= 0.3 is 0 Å². The number of morpholine rings is 1. The molecule has 4 nitrogen and oxygen atoms in total. The maximum atomic E-state index is 6.14. The number of hydrogen-bond donors (Lipinski definition) is 1. The molecule has 2 atom stereocenters. The highest BCUT2D eigenvalue weighted by Crippen LogP contribution is 2.46. The third-order valence-corrected chi connectivity index (χ3v) is 5.78. The fraction of sp³-hybridized carbons (Fsp3) is 0.882. The second-order valence-electron chi connectivity index (χ2n) is 7.26. The van der Waals surface area contributed by atoms with Gasteiger partial charge in [0.25, 0.3) is 0 Å². The van der Waals surface area contributed by atoms with Crippen LogP contribution in [0.15, 0.2) is 11.6 Å². The first-order valence-corrected chi connectivity index (χ1v) is 8.42. The summed E-state index contributed by atoms with van der Waals surface area (Å²) in [5.74, 6) is 1.17. The zero-order valence-corrected chi connectivity index (χ0v) is 13.7. The Morgan fingerprint density at radius 1 is 1.19 bits per heavy atom. The lowest BCUT2D eigenvalue weighted by Gasteiger charge is -2.49. The monoisotopic (exact) mass is 296 g/mol. The van der Waals surface area contributed by atoms with Crippen LogP contribution >= 0.6 is 0 Å². The van der Waals surface area contributed by atoms with Crippen LogP contribution in [0.2, 0.25) is 0 Å². The highest BCUT2D eigenvalue weighted by atomic mass is 16.7. The molecule has 1 spiro atoms. The fourth-order valence-electron chi connectivity index (χ4n) is 4.15. The van der Waals surface area contributed by atoms with Gasteiger partial charge in [-0.2, -0.15) is 0 Å². The molecule has 0 saturated carbocycles. The zero-order chi connectivity index (χ0) is 14.9. The van der Waals surface area contributed by atoms with Crippen molar-refractivity contribution in [2.75, 3.05) is 46.1 Å². The lowest BCUT2D eigenvalue weighted by molar-refractivity contribution is -0.914. The molecule has 1 N–H and O–H groups in total. The van der Waals surface area contributed by atoms with Crippen LogP contribution in [0.4, 0.5) is 0 Å². The first kappa shape index (κ1) is 15.5. The minimum Gasteiger partial charge on any atom is -0.370 e. The van der Waals surface area contributed by atoms with E-state index in [2.05, 4.69) is 26.8 Å². The molecule has 2 saturated heterocycles. The Hall–Kier alpha value is -0.420. The van der Waals surface area contributed by atoms with Crippen molar-refractivity contribution >= 4 is 0 Å². The lowest BCUT2D eigenvalue weighted by Crippen LogP contribution is -3.15. The largest absolute Gasteiger partial charge is 0.370 e. The maximum Gasteiger partial charge on any atom is 0.207 e. The molecule has 1 aliphatic carbocycles. The third kappa shape index (κ3) is 3.19. The van der Waals surface area contributed by atoms with Gasteiger partial charge in [0.15, 0.2) is 0 Å². The minimum absolute atomic E-state index is 0.0323. The first-order chi connectivity index (χ1) is 10.1. The van der Waals surface area contributed by atoms with Gasteiger partial charge in [-0.25, -0.2) is 0 Å². The van der Waals surface area contributed by atoms with Crippen LogP contribution in [0.25, 0.3) is 0 Å². The SMILES string of the molecule is CC1=C[C@@H](C)C2(COC(C[NH+]3CCOCC3)OC2)[C@@H](C)C1. The van der Waals surface area contributed by atoms with Crippen LogP contribution in [0, 0.1) is 17.3 Å². The van der Waals surface area contributed by atoms with Crippen molar-refractivity contribution in [3.63, 3.8) is 0 Å². The van der Waals surface area contributed by atoms with E-state index in [-0.39, 0.29) is 11.7 Å². The van der Waals surface area contributed by atoms with Gasteiger partial charge in [0, 0.05) is 5.41 Å². The molecule has 2 aliphatic heterocycles. The summed E-state index contributed by atoms with van der Waals surface area (Å²) in [7, 11) is 0.